The molecule has 5 nitrogen and oxygen atoms in total. The van der Waals surface area contributed by atoms with Gasteiger partial charge in [0.1, 0.15) is 5.54 Å². The van der Waals surface area contributed by atoms with Gasteiger partial charge in [0.25, 0.3) is 5.91 Å². The van der Waals surface area contributed by atoms with E-state index >= 15 is 0 Å². The van der Waals surface area contributed by atoms with Crippen LogP contribution in [0.3, 0.4) is 0 Å². The van der Waals surface area contributed by atoms with E-state index in [1.54, 1.807) is 30.3 Å². The van der Waals surface area contributed by atoms with Gasteiger partial charge in [0.05, 0.1) is 13.2 Å². The van der Waals surface area contributed by atoms with Gasteiger partial charge in [-0.25, -0.2) is 9.69 Å². The first-order valence-electron chi connectivity index (χ1n) is 9.18. The van der Waals surface area contributed by atoms with Crippen molar-refractivity contribution in [3.05, 3.63) is 35.9 Å². The van der Waals surface area contributed by atoms with E-state index in [-0.39, 0.29) is 19.1 Å². The average Bonchev–Trinajstić information content (AvgIpc) is 2.82. The Hall–Kier alpha value is -2.09. The number of hydrogen-bond acceptors (Lipinski definition) is 3. The molecule has 1 aliphatic carbocycles. The van der Waals surface area contributed by atoms with Crippen molar-refractivity contribution in [2.24, 2.45) is 5.92 Å². The number of benzene rings is 1. The lowest BCUT2D eigenvalue weighted by Gasteiger charge is -2.37. The Kier molecular flexibility index (Phi) is 5.46. The lowest BCUT2D eigenvalue weighted by molar-refractivity contribution is -0.154. The predicted molar refractivity (Wildman–Crippen MR) is 93.5 cm³/mol. The van der Waals surface area contributed by atoms with E-state index in [0.717, 1.165) is 29.1 Å². The van der Waals surface area contributed by atoms with Gasteiger partial charge in [0.2, 0.25) is 0 Å². The molecule has 0 unspecified atom stereocenters. The monoisotopic (exact) mass is 383 g/mol. The molecule has 1 aromatic carbocycles. The molecule has 0 bridgehead atoms. The number of nitrogens with one attached hydrogen (secondary N) is 1. The first-order chi connectivity index (χ1) is 12.7. The van der Waals surface area contributed by atoms with Gasteiger partial charge in [-0.1, -0.05) is 50.1 Å². The second-order valence-electron chi connectivity index (χ2n) is 7.51. The summed E-state index contributed by atoms with van der Waals surface area (Å²) in [7, 11) is 0. The van der Waals surface area contributed by atoms with Gasteiger partial charge in [-0.3, -0.25) is 9.69 Å². The van der Waals surface area contributed by atoms with Gasteiger partial charge in [-0.15, -0.1) is 0 Å². The number of rotatable bonds is 5. The number of alkyl halides is 3. The van der Waals surface area contributed by atoms with E-state index in [1.165, 1.54) is 0 Å². The van der Waals surface area contributed by atoms with Crippen LogP contribution in [0.4, 0.5) is 18.0 Å². The van der Waals surface area contributed by atoms with Crippen LogP contribution in [0.15, 0.2) is 30.3 Å². The quantitative estimate of drug-likeness (QED) is 0.792. The summed E-state index contributed by atoms with van der Waals surface area (Å²) < 4.78 is 39.1. The summed E-state index contributed by atoms with van der Waals surface area (Å²) in [6.07, 6.45) is -1.27. The fraction of sp³-hybridized carbons (Fsp3) is 0.579. The highest BCUT2D eigenvalue weighted by molar-refractivity contribution is 6.07. The Labute approximate surface area is 156 Å². The van der Waals surface area contributed by atoms with Gasteiger partial charge >= 0.3 is 12.2 Å². The third kappa shape index (κ3) is 4.26. The number of amides is 3. The zero-order chi connectivity index (χ0) is 19.7. The highest BCUT2D eigenvalue weighted by Gasteiger charge is 2.55. The molecule has 1 saturated carbocycles. The van der Waals surface area contributed by atoms with E-state index < -0.39 is 30.2 Å². The largest absolute Gasteiger partial charge is 0.401 e. The SMILES string of the molecule is C[C@H]1CCCC[C@@]12NC(=O)N(CN(Cc1ccccc1)CC(F)(F)F)C2=O. The molecule has 1 spiro atoms. The van der Waals surface area contributed by atoms with Crippen LogP contribution < -0.4 is 5.32 Å². The van der Waals surface area contributed by atoms with Gasteiger partial charge < -0.3 is 5.32 Å². The molecule has 0 radical (unpaired) electrons. The first kappa shape index (κ1) is 19.7. The van der Waals surface area contributed by atoms with Crippen molar-refractivity contribution in [1.29, 1.82) is 0 Å². The maximum Gasteiger partial charge on any atom is 0.401 e. The lowest BCUT2D eigenvalue weighted by Crippen LogP contribution is -2.54. The zero-order valence-electron chi connectivity index (χ0n) is 15.3. The van der Waals surface area contributed by atoms with Crippen LogP contribution in [0.1, 0.15) is 38.2 Å². The van der Waals surface area contributed by atoms with Crippen molar-refractivity contribution >= 4 is 11.9 Å². The lowest BCUT2D eigenvalue weighted by atomic mass is 9.73. The fourth-order valence-corrected chi connectivity index (χ4v) is 4.07. The highest BCUT2D eigenvalue weighted by atomic mass is 19.4. The van der Waals surface area contributed by atoms with Gasteiger partial charge in [-0.05, 0) is 24.3 Å². The molecule has 27 heavy (non-hydrogen) atoms. The van der Waals surface area contributed by atoms with Gasteiger partial charge in [0.15, 0.2) is 0 Å². The average molecular weight is 383 g/mol. The molecule has 148 valence electrons. The molecule has 1 heterocycles. The normalized spacial score (nSPS) is 26.1. The minimum absolute atomic E-state index is 0.0000361. The van der Waals surface area contributed by atoms with Crippen molar-refractivity contribution in [2.75, 3.05) is 13.2 Å². The van der Waals surface area contributed by atoms with E-state index in [1.807, 2.05) is 6.92 Å². The van der Waals surface area contributed by atoms with Crippen LogP contribution in [0.2, 0.25) is 0 Å². The van der Waals surface area contributed by atoms with Crippen LogP contribution in [0.5, 0.6) is 0 Å². The fourth-order valence-electron chi connectivity index (χ4n) is 4.07. The second-order valence-corrected chi connectivity index (χ2v) is 7.51. The minimum Gasteiger partial charge on any atom is -0.323 e. The second kappa shape index (κ2) is 7.50. The third-order valence-electron chi connectivity index (χ3n) is 5.49. The summed E-state index contributed by atoms with van der Waals surface area (Å²) in [5.74, 6) is -0.433. The smallest absolute Gasteiger partial charge is 0.323 e. The minimum atomic E-state index is -4.43. The Morgan fingerprint density at radius 3 is 2.56 bits per heavy atom. The van der Waals surface area contributed by atoms with Crippen molar-refractivity contribution in [3.63, 3.8) is 0 Å². The summed E-state index contributed by atoms with van der Waals surface area (Å²) in [6, 6.07) is 8.11. The number of urea groups is 1. The topological polar surface area (TPSA) is 52.7 Å². The van der Waals surface area contributed by atoms with Gasteiger partial charge in [0, 0.05) is 6.54 Å². The van der Waals surface area contributed by atoms with Crippen molar-refractivity contribution in [1.82, 2.24) is 15.1 Å². The Balaban J connectivity index is 1.78. The molecular weight excluding hydrogens is 359 g/mol. The number of imide groups is 1. The van der Waals surface area contributed by atoms with Crippen LogP contribution >= 0.6 is 0 Å². The molecule has 8 heteroatoms. The molecule has 3 amide bonds. The molecule has 2 atom stereocenters. The van der Waals surface area contributed by atoms with Crippen LogP contribution in [0, 0.1) is 5.92 Å². The third-order valence-corrected chi connectivity index (χ3v) is 5.49. The summed E-state index contributed by atoms with van der Waals surface area (Å²) in [4.78, 5) is 27.5. The first-order valence-corrected chi connectivity index (χ1v) is 9.18. The number of halogens is 3. The van der Waals surface area contributed by atoms with E-state index in [2.05, 4.69) is 5.32 Å². The van der Waals surface area contributed by atoms with Crippen molar-refractivity contribution < 1.29 is 22.8 Å². The van der Waals surface area contributed by atoms with E-state index in [0.29, 0.717) is 12.0 Å². The number of hydrogen-bond donors (Lipinski definition) is 1. The molecular formula is C19H24F3N3O2. The Bertz CT molecular complexity index is 695. The number of carbonyl (C=O) groups excluding carboxylic acids is 2. The molecule has 1 N–H and O–H groups in total. The predicted octanol–water partition coefficient (Wildman–Crippen LogP) is 3.51. The van der Waals surface area contributed by atoms with Crippen LogP contribution in [-0.2, 0) is 11.3 Å². The van der Waals surface area contributed by atoms with Crippen LogP contribution in [-0.4, -0.2) is 46.7 Å². The molecule has 2 aliphatic rings. The van der Waals surface area contributed by atoms with E-state index in [4.69, 9.17) is 0 Å². The molecule has 1 aliphatic heterocycles. The molecule has 3 rings (SSSR count). The molecule has 2 fully saturated rings. The summed E-state index contributed by atoms with van der Waals surface area (Å²) in [6.45, 7) is 0.341. The Morgan fingerprint density at radius 1 is 1.22 bits per heavy atom. The van der Waals surface area contributed by atoms with E-state index in [9.17, 15) is 22.8 Å². The number of nitrogens with zero attached hydrogens (tertiary/aromatic N) is 2. The highest BCUT2D eigenvalue weighted by Crippen LogP contribution is 2.38. The Morgan fingerprint density at radius 2 is 1.93 bits per heavy atom. The molecule has 1 aromatic rings. The number of carbonyl (C=O) groups is 2. The maximum absolute atomic E-state index is 13.0. The summed E-state index contributed by atoms with van der Waals surface area (Å²) in [5, 5.41) is 2.78. The molecule has 1 saturated heterocycles. The maximum atomic E-state index is 13.0. The zero-order valence-corrected chi connectivity index (χ0v) is 15.3. The molecule has 0 aromatic heterocycles. The van der Waals surface area contributed by atoms with Crippen LogP contribution in [0.25, 0.3) is 0 Å². The van der Waals surface area contributed by atoms with Crippen molar-refractivity contribution in [3.8, 4) is 0 Å². The summed E-state index contributed by atoms with van der Waals surface area (Å²) >= 11 is 0. The van der Waals surface area contributed by atoms with Crippen molar-refractivity contribution in [2.45, 2.75) is 50.9 Å². The van der Waals surface area contributed by atoms with Gasteiger partial charge in [-0.2, -0.15) is 13.2 Å². The standard InChI is InChI=1S/C19H24F3N3O2/c1-14-7-5-6-10-18(14)16(26)25(17(27)23-18)13-24(12-19(20,21)22)11-15-8-3-2-4-9-15/h2-4,8-9,14H,5-7,10-13H2,1H3,(H,23,27)/t14-,18+/m0/s1. The summed E-state index contributed by atoms with van der Waals surface area (Å²) in [5.41, 5.74) is -0.277.